The zero-order valence-corrected chi connectivity index (χ0v) is 7.76. The zero-order chi connectivity index (χ0) is 5.98. The van der Waals surface area contributed by atoms with Crippen molar-refractivity contribution >= 4 is 45.5 Å². The SMILES string of the molecule is Clc1ccsc1CI. The van der Waals surface area contributed by atoms with Crippen LogP contribution in [0.15, 0.2) is 11.4 Å². The summed E-state index contributed by atoms with van der Waals surface area (Å²) >= 11 is 9.76. The van der Waals surface area contributed by atoms with Gasteiger partial charge in [-0.2, -0.15) is 0 Å². The Morgan fingerprint density at radius 2 is 2.50 bits per heavy atom. The summed E-state index contributed by atoms with van der Waals surface area (Å²) in [5.41, 5.74) is 0. The van der Waals surface area contributed by atoms with Crippen LogP contribution in [0.1, 0.15) is 4.88 Å². The Labute approximate surface area is 71.0 Å². The molecule has 1 rings (SSSR count). The van der Waals surface area contributed by atoms with Gasteiger partial charge in [0.05, 0.1) is 5.02 Å². The van der Waals surface area contributed by atoms with Crippen molar-refractivity contribution in [3.8, 4) is 0 Å². The molecule has 0 unspecified atom stereocenters. The van der Waals surface area contributed by atoms with Gasteiger partial charge in [0, 0.05) is 9.30 Å². The van der Waals surface area contributed by atoms with E-state index in [1.807, 2.05) is 11.4 Å². The van der Waals surface area contributed by atoms with E-state index in [-0.39, 0.29) is 0 Å². The molecule has 8 heavy (non-hydrogen) atoms. The lowest BCUT2D eigenvalue weighted by molar-refractivity contribution is 1.61. The van der Waals surface area contributed by atoms with E-state index in [1.165, 1.54) is 4.88 Å². The van der Waals surface area contributed by atoms with Gasteiger partial charge >= 0.3 is 0 Å². The molecule has 0 saturated heterocycles. The normalized spacial score (nSPS) is 9.75. The first-order chi connectivity index (χ1) is 3.84. The third-order valence-electron chi connectivity index (χ3n) is 0.812. The molecule has 0 spiro atoms. The van der Waals surface area contributed by atoms with Gasteiger partial charge in [0.25, 0.3) is 0 Å². The van der Waals surface area contributed by atoms with Crippen molar-refractivity contribution in [2.75, 3.05) is 0 Å². The van der Waals surface area contributed by atoms with Crippen LogP contribution in [-0.4, -0.2) is 0 Å². The van der Waals surface area contributed by atoms with Crippen LogP contribution in [-0.2, 0) is 4.43 Å². The summed E-state index contributed by atoms with van der Waals surface area (Å²) in [5, 5.41) is 2.92. The summed E-state index contributed by atoms with van der Waals surface area (Å²) in [4.78, 5) is 1.27. The van der Waals surface area contributed by atoms with E-state index in [9.17, 15) is 0 Å². The summed E-state index contributed by atoms with van der Waals surface area (Å²) in [6.07, 6.45) is 0. The fourth-order valence-corrected chi connectivity index (χ4v) is 2.55. The number of rotatable bonds is 1. The van der Waals surface area contributed by atoms with Gasteiger partial charge in [-0.1, -0.05) is 34.2 Å². The average molecular weight is 259 g/mol. The molecular formula is C5H4ClIS. The first-order valence-electron chi connectivity index (χ1n) is 2.12. The van der Waals surface area contributed by atoms with Gasteiger partial charge < -0.3 is 0 Å². The van der Waals surface area contributed by atoms with Crippen LogP contribution in [0.25, 0.3) is 0 Å². The maximum Gasteiger partial charge on any atom is 0.0552 e. The van der Waals surface area contributed by atoms with Crippen molar-refractivity contribution in [2.45, 2.75) is 4.43 Å². The van der Waals surface area contributed by atoms with Crippen molar-refractivity contribution < 1.29 is 0 Å². The molecule has 1 heterocycles. The molecule has 0 fully saturated rings. The van der Waals surface area contributed by atoms with E-state index < -0.39 is 0 Å². The second-order valence-corrected chi connectivity index (χ2v) is 3.50. The van der Waals surface area contributed by atoms with Crippen molar-refractivity contribution in [1.82, 2.24) is 0 Å². The lowest BCUT2D eigenvalue weighted by atomic mass is 10.5. The van der Waals surface area contributed by atoms with Crippen molar-refractivity contribution in [3.63, 3.8) is 0 Å². The fraction of sp³-hybridized carbons (Fsp3) is 0.200. The van der Waals surface area contributed by atoms with Gasteiger partial charge in [0.15, 0.2) is 0 Å². The van der Waals surface area contributed by atoms with Crippen LogP contribution in [0.3, 0.4) is 0 Å². The molecule has 1 aromatic heterocycles. The Morgan fingerprint density at radius 1 is 1.75 bits per heavy atom. The van der Waals surface area contributed by atoms with Gasteiger partial charge in [-0.3, -0.25) is 0 Å². The van der Waals surface area contributed by atoms with Gasteiger partial charge in [-0.15, -0.1) is 11.3 Å². The molecule has 0 bridgehead atoms. The highest BCUT2D eigenvalue weighted by Gasteiger charge is 1.96. The smallest absolute Gasteiger partial charge is 0.0552 e. The molecule has 0 atom stereocenters. The summed E-state index contributed by atoms with van der Waals surface area (Å²) in [5.74, 6) is 0. The molecule has 0 aliphatic rings. The summed E-state index contributed by atoms with van der Waals surface area (Å²) in [7, 11) is 0. The summed E-state index contributed by atoms with van der Waals surface area (Å²) in [6.45, 7) is 0. The lowest BCUT2D eigenvalue weighted by Gasteiger charge is -1.84. The topological polar surface area (TPSA) is 0 Å². The van der Waals surface area contributed by atoms with Crippen LogP contribution >= 0.6 is 45.5 Å². The van der Waals surface area contributed by atoms with Crippen molar-refractivity contribution in [1.29, 1.82) is 0 Å². The van der Waals surface area contributed by atoms with E-state index in [1.54, 1.807) is 11.3 Å². The van der Waals surface area contributed by atoms with E-state index in [0.717, 1.165) is 9.45 Å². The molecule has 0 amide bonds. The molecule has 0 N–H and O–H groups in total. The second-order valence-electron chi connectivity index (χ2n) is 1.33. The van der Waals surface area contributed by atoms with E-state index in [2.05, 4.69) is 22.6 Å². The molecule has 0 radical (unpaired) electrons. The monoisotopic (exact) mass is 258 g/mol. The number of halogens is 2. The molecule has 3 heteroatoms. The van der Waals surface area contributed by atoms with E-state index >= 15 is 0 Å². The van der Waals surface area contributed by atoms with Crippen molar-refractivity contribution in [3.05, 3.63) is 21.3 Å². The standard InChI is InChI=1S/C5H4ClIS/c6-4-1-2-8-5(4)3-7/h1-2H,3H2. The third-order valence-corrected chi connectivity index (χ3v) is 3.48. The molecule has 1 aromatic rings. The largest absolute Gasteiger partial charge is 0.147 e. The predicted molar refractivity (Wildman–Crippen MR) is 47.1 cm³/mol. The highest BCUT2D eigenvalue weighted by atomic mass is 127. The first kappa shape index (κ1) is 6.83. The van der Waals surface area contributed by atoms with Gasteiger partial charge in [-0.05, 0) is 11.4 Å². The molecule has 44 valence electrons. The minimum atomic E-state index is 0.907. The van der Waals surface area contributed by atoms with Crippen LogP contribution < -0.4 is 0 Å². The maximum atomic E-state index is 5.75. The molecule has 0 saturated carbocycles. The van der Waals surface area contributed by atoms with Crippen molar-refractivity contribution in [2.24, 2.45) is 0 Å². The van der Waals surface area contributed by atoms with Crippen LogP contribution in [0.5, 0.6) is 0 Å². The summed E-state index contributed by atoms with van der Waals surface area (Å²) in [6, 6.07) is 1.93. The Bertz CT molecular complexity index is 173. The highest BCUT2D eigenvalue weighted by Crippen LogP contribution is 2.23. The maximum absolute atomic E-state index is 5.75. The van der Waals surface area contributed by atoms with Gasteiger partial charge in [0.1, 0.15) is 0 Å². The Balaban J connectivity index is 2.92. The summed E-state index contributed by atoms with van der Waals surface area (Å²) < 4.78 is 1.02. The number of thiophene rings is 1. The number of hydrogen-bond donors (Lipinski definition) is 0. The number of alkyl halides is 1. The highest BCUT2D eigenvalue weighted by molar-refractivity contribution is 14.1. The van der Waals surface area contributed by atoms with Crippen LogP contribution in [0.2, 0.25) is 5.02 Å². The Hall–Kier alpha value is 0.720. The van der Waals surface area contributed by atoms with E-state index in [4.69, 9.17) is 11.6 Å². The Kier molecular flexibility index (Phi) is 2.59. The quantitative estimate of drug-likeness (QED) is 0.535. The third kappa shape index (κ3) is 1.36. The molecule has 0 aromatic carbocycles. The zero-order valence-electron chi connectivity index (χ0n) is 4.03. The van der Waals surface area contributed by atoms with Crippen LogP contribution in [0.4, 0.5) is 0 Å². The lowest BCUT2D eigenvalue weighted by Crippen LogP contribution is -1.63. The van der Waals surface area contributed by atoms with Gasteiger partial charge in [0.2, 0.25) is 0 Å². The first-order valence-corrected chi connectivity index (χ1v) is 4.90. The second kappa shape index (κ2) is 3.03. The molecule has 0 aliphatic carbocycles. The molecule has 0 nitrogen and oxygen atoms in total. The average Bonchev–Trinajstić information content (AvgIpc) is 2.14. The minimum absolute atomic E-state index is 0.907. The molecular weight excluding hydrogens is 254 g/mol. The van der Waals surface area contributed by atoms with Gasteiger partial charge in [-0.25, -0.2) is 0 Å². The minimum Gasteiger partial charge on any atom is -0.147 e. The fourth-order valence-electron chi connectivity index (χ4n) is 0.420. The Morgan fingerprint density at radius 3 is 2.75 bits per heavy atom. The number of hydrogen-bond acceptors (Lipinski definition) is 1. The van der Waals surface area contributed by atoms with E-state index in [0.29, 0.717) is 0 Å². The predicted octanol–water partition coefficient (Wildman–Crippen LogP) is 3.34. The van der Waals surface area contributed by atoms with Crippen LogP contribution in [0, 0.1) is 0 Å². The molecule has 0 aliphatic heterocycles.